The van der Waals surface area contributed by atoms with Gasteiger partial charge in [-0.05, 0) is 59.7 Å². The Balaban J connectivity index is 1.40. The minimum absolute atomic E-state index is 0.150. The van der Waals surface area contributed by atoms with Gasteiger partial charge in [0.05, 0.1) is 16.6 Å². The second kappa shape index (κ2) is 9.81. The maximum atomic E-state index is 11.5. The van der Waals surface area contributed by atoms with Crippen LogP contribution in [0.2, 0.25) is 0 Å². The highest BCUT2D eigenvalue weighted by molar-refractivity contribution is 5.93. The van der Waals surface area contributed by atoms with Crippen molar-refractivity contribution < 1.29 is 9.90 Å². The molecule has 186 valence electrons. The zero-order valence-corrected chi connectivity index (χ0v) is 21.4. The molecule has 1 aliphatic rings. The van der Waals surface area contributed by atoms with Crippen molar-refractivity contribution in [1.82, 2.24) is 9.55 Å². The van der Waals surface area contributed by atoms with E-state index in [0.29, 0.717) is 6.04 Å². The van der Waals surface area contributed by atoms with Gasteiger partial charge in [0.2, 0.25) is 0 Å². The molecule has 36 heavy (non-hydrogen) atoms. The summed E-state index contributed by atoms with van der Waals surface area (Å²) in [5.41, 5.74) is 6.90. The van der Waals surface area contributed by atoms with Gasteiger partial charge < -0.3 is 15.0 Å². The summed E-state index contributed by atoms with van der Waals surface area (Å²) in [4.78, 5) is 16.5. The molecule has 0 atom stereocenters. The summed E-state index contributed by atoms with van der Waals surface area (Å²) in [5.74, 6) is 0.00674. The minimum Gasteiger partial charge on any atom is -0.478 e. The molecule has 0 radical (unpaired) electrons. The largest absolute Gasteiger partial charge is 0.478 e. The van der Waals surface area contributed by atoms with Crippen LogP contribution in [0.1, 0.15) is 80.4 Å². The van der Waals surface area contributed by atoms with Crippen LogP contribution in [0.15, 0.2) is 66.7 Å². The topological polar surface area (TPSA) is 67.2 Å². The lowest BCUT2D eigenvalue weighted by molar-refractivity contribution is 0.0697. The number of hydrogen-bond acceptors (Lipinski definition) is 3. The second-order valence-electron chi connectivity index (χ2n) is 11.0. The molecule has 1 aromatic heterocycles. The zero-order chi connectivity index (χ0) is 25.3. The molecule has 0 saturated heterocycles. The van der Waals surface area contributed by atoms with E-state index >= 15 is 0 Å². The monoisotopic (exact) mass is 481 g/mol. The highest BCUT2D eigenvalue weighted by Gasteiger charge is 2.23. The predicted octanol–water partition coefficient (Wildman–Crippen LogP) is 7.82. The number of carboxylic acids is 1. The van der Waals surface area contributed by atoms with Crippen molar-refractivity contribution >= 4 is 22.7 Å². The van der Waals surface area contributed by atoms with Gasteiger partial charge in [0, 0.05) is 23.8 Å². The van der Waals surface area contributed by atoms with Gasteiger partial charge in [0.25, 0.3) is 0 Å². The van der Waals surface area contributed by atoms with Crippen molar-refractivity contribution in [2.45, 2.75) is 70.9 Å². The smallest absolute Gasteiger partial charge is 0.335 e. The van der Waals surface area contributed by atoms with E-state index < -0.39 is 5.97 Å². The Hall–Kier alpha value is -3.60. The summed E-state index contributed by atoms with van der Waals surface area (Å²) >= 11 is 0. The van der Waals surface area contributed by atoms with Gasteiger partial charge in [-0.1, -0.05) is 76.4 Å². The molecule has 0 bridgehead atoms. The molecule has 5 rings (SSSR count). The number of aromatic nitrogens is 2. The van der Waals surface area contributed by atoms with Crippen molar-refractivity contribution in [2.75, 3.05) is 5.32 Å². The van der Waals surface area contributed by atoms with Crippen LogP contribution < -0.4 is 5.32 Å². The number of anilines is 1. The van der Waals surface area contributed by atoms with E-state index in [1.807, 2.05) is 6.07 Å². The van der Waals surface area contributed by atoms with Crippen LogP contribution in [0, 0.1) is 0 Å². The molecule has 2 N–H and O–H groups in total. The Morgan fingerprint density at radius 3 is 2.31 bits per heavy atom. The summed E-state index contributed by atoms with van der Waals surface area (Å²) < 4.78 is 2.35. The summed E-state index contributed by atoms with van der Waals surface area (Å²) in [7, 11) is 0. The fraction of sp³-hybridized carbons (Fsp3) is 0.355. The molecule has 0 aliphatic heterocycles. The molecule has 3 aromatic carbocycles. The normalized spacial score (nSPS) is 14.8. The van der Waals surface area contributed by atoms with Crippen LogP contribution in [0.5, 0.6) is 0 Å². The third kappa shape index (κ3) is 5.01. The van der Waals surface area contributed by atoms with Crippen LogP contribution in [-0.4, -0.2) is 20.6 Å². The van der Waals surface area contributed by atoms with E-state index in [1.54, 1.807) is 12.1 Å². The van der Waals surface area contributed by atoms with E-state index in [4.69, 9.17) is 4.98 Å². The number of rotatable bonds is 6. The fourth-order valence-electron chi connectivity index (χ4n) is 5.21. The molecule has 1 aliphatic carbocycles. The Morgan fingerprint density at radius 2 is 1.67 bits per heavy atom. The fourth-order valence-corrected chi connectivity index (χ4v) is 5.21. The first kappa shape index (κ1) is 24.1. The molecule has 0 amide bonds. The summed E-state index contributed by atoms with van der Waals surface area (Å²) in [5, 5.41) is 13.0. The first-order chi connectivity index (χ1) is 17.3. The molecule has 1 saturated carbocycles. The van der Waals surface area contributed by atoms with Crippen LogP contribution in [0.25, 0.3) is 22.4 Å². The lowest BCUT2D eigenvalue weighted by Gasteiger charge is -2.25. The molecular weight excluding hydrogens is 446 g/mol. The van der Waals surface area contributed by atoms with Gasteiger partial charge in [-0.3, -0.25) is 0 Å². The molecule has 0 unspecified atom stereocenters. The van der Waals surface area contributed by atoms with Crippen LogP contribution in [0.4, 0.5) is 5.69 Å². The molecule has 4 aromatic rings. The molecule has 0 spiro atoms. The summed E-state index contributed by atoms with van der Waals surface area (Å²) in [6.45, 7) is 7.43. The maximum Gasteiger partial charge on any atom is 0.335 e. The first-order valence-electron chi connectivity index (χ1n) is 13.0. The summed E-state index contributed by atoms with van der Waals surface area (Å²) in [6.07, 6.45) is 5.99. The van der Waals surface area contributed by atoms with E-state index in [0.717, 1.165) is 47.5 Å². The molecular formula is C31H35N3O2. The molecule has 1 fully saturated rings. The average Bonchev–Trinajstić information content (AvgIpc) is 3.27. The Labute approximate surface area is 213 Å². The van der Waals surface area contributed by atoms with E-state index in [1.165, 1.54) is 30.4 Å². The standard InChI is InChI=1S/C31H35N3O2/c1-31(2,3)24-14-16-25(17-15-24)32-20-21-9-11-22(12-10-21)29-33-27-19-23(30(35)36)13-18-28(27)34(29)26-7-5-4-6-8-26/h9-19,26,32H,4-8,20H2,1-3H3,(H,35,36). The number of imidazole rings is 1. The van der Waals surface area contributed by atoms with Gasteiger partial charge in [-0.15, -0.1) is 0 Å². The van der Waals surface area contributed by atoms with E-state index in [-0.39, 0.29) is 11.0 Å². The number of carboxylic acid groups (broad SMARTS) is 1. The highest BCUT2D eigenvalue weighted by Crippen LogP contribution is 2.36. The number of fused-ring (bicyclic) bond motifs is 1. The third-order valence-electron chi connectivity index (χ3n) is 7.34. The maximum absolute atomic E-state index is 11.5. The predicted molar refractivity (Wildman–Crippen MR) is 147 cm³/mol. The summed E-state index contributed by atoms with van der Waals surface area (Å²) in [6, 6.07) is 23.0. The van der Waals surface area contributed by atoms with E-state index in [2.05, 4.69) is 79.2 Å². The van der Waals surface area contributed by atoms with Crippen LogP contribution >= 0.6 is 0 Å². The Bertz CT molecular complexity index is 1360. The third-order valence-corrected chi connectivity index (χ3v) is 7.34. The lowest BCUT2D eigenvalue weighted by atomic mass is 9.87. The lowest BCUT2D eigenvalue weighted by Crippen LogP contribution is -2.14. The highest BCUT2D eigenvalue weighted by atomic mass is 16.4. The van der Waals surface area contributed by atoms with Crippen LogP contribution in [0.3, 0.4) is 0 Å². The molecule has 5 nitrogen and oxygen atoms in total. The minimum atomic E-state index is -0.921. The van der Waals surface area contributed by atoms with Crippen molar-refractivity contribution in [2.24, 2.45) is 0 Å². The number of hydrogen-bond donors (Lipinski definition) is 2. The average molecular weight is 482 g/mol. The Morgan fingerprint density at radius 1 is 0.972 bits per heavy atom. The van der Waals surface area contributed by atoms with Crippen molar-refractivity contribution in [3.63, 3.8) is 0 Å². The van der Waals surface area contributed by atoms with Crippen molar-refractivity contribution in [3.05, 3.63) is 83.4 Å². The Kier molecular flexibility index (Phi) is 6.57. The number of aromatic carboxylic acids is 1. The second-order valence-corrected chi connectivity index (χ2v) is 11.0. The zero-order valence-electron chi connectivity index (χ0n) is 21.4. The van der Waals surface area contributed by atoms with Gasteiger partial charge in [0.1, 0.15) is 5.82 Å². The van der Waals surface area contributed by atoms with Gasteiger partial charge >= 0.3 is 5.97 Å². The van der Waals surface area contributed by atoms with Crippen molar-refractivity contribution in [3.8, 4) is 11.4 Å². The quantitative estimate of drug-likeness (QED) is 0.295. The van der Waals surface area contributed by atoms with Crippen molar-refractivity contribution in [1.29, 1.82) is 0 Å². The number of nitrogens with one attached hydrogen (secondary N) is 1. The first-order valence-corrected chi connectivity index (χ1v) is 13.0. The van der Waals surface area contributed by atoms with Gasteiger partial charge in [-0.2, -0.15) is 0 Å². The van der Waals surface area contributed by atoms with Gasteiger partial charge in [0.15, 0.2) is 0 Å². The van der Waals surface area contributed by atoms with Gasteiger partial charge in [-0.25, -0.2) is 9.78 Å². The number of benzene rings is 3. The van der Waals surface area contributed by atoms with Crippen LogP contribution in [-0.2, 0) is 12.0 Å². The SMILES string of the molecule is CC(C)(C)c1ccc(NCc2ccc(-c3nc4cc(C(=O)O)ccc4n3C3CCCCC3)cc2)cc1. The molecule has 1 heterocycles. The number of nitrogens with zero attached hydrogens (tertiary/aromatic N) is 2. The number of carbonyl (C=O) groups is 1. The molecule has 5 heteroatoms. The van der Waals surface area contributed by atoms with E-state index in [9.17, 15) is 9.90 Å².